The number of methoxy groups -OCH3 is 1. The van der Waals surface area contributed by atoms with Gasteiger partial charge >= 0.3 is 0 Å². The summed E-state index contributed by atoms with van der Waals surface area (Å²) >= 11 is 0. The van der Waals surface area contributed by atoms with Gasteiger partial charge in [0.1, 0.15) is 5.82 Å². The van der Waals surface area contributed by atoms with Gasteiger partial charge in [0.2, 0.25) is 5.88 Å². The number of carbonyl (C=O) groups excluding carboxylic acids is 1. The molecule has 0 aliphatic heterocycles. The lowest BCUT2D eigenvalue weighted by Crippen LogP contribution is -2.41. The summed E-state index contributed by atoms with van der Waals surface area (Å²) in [6.45, 7) is 5.58. The Bertz CT molecular complexity index is 1050. The second-order valence-electron chi connectivity index (χ2n) is 8.21. The van der Waals surface area contributed by atoms with Crippen LogP contribution in [0, 0.1) is 29.0 Å². The molecule has 1 aromatic carbocycles. The number of pyridine rings is 1. The number of halogens is 1. The fourth-order valence-electron chi connectivity index (χ4n) is 4.64. The number of benzene rings is 1. The summed E-state index contributed by atoms with van der Waals surface area (Å²) in [5, 5.41) is 12.4. The number of amides is 1. The molecule has 1 fully saturated rings. The molecule has 33 heavy (non-hydrogen) atoms. The van der Waals surface area contributed by atoms with Crippen molar-refractivity contribution in [3.63, 3.8) is 0 Å². The molecule has 1 unspecified atom stereocenters. The fraction of sp³-hybridized carbons (Fsp3) is 0.385. The third-order valence-electron chi connectivity index (χ3n) is 6.37. The van der Waals surface area contributed by atoms with Gasteiger partial charge in [-0.2, -0.15) is 5.26 Å². The summed E-state index contributed by atoms with van der Waals surface area (Å²) < 4.78 is 19.0. The van der Waals surface area contributed by atoms with Gasteiger partial charge in [-0.3, -0.25) is 9.79 Å². The average molecular weight is 449 g/mol. The summed E-state index contributed by atoms with van der Waals surface area (Å²) in [6.07, 6.45) is 7.24. The maximum atomic E-state index is 13.9. The van der Waals surface area contributed by atoms with E-state index in [1.807, 2.05) is 13.0 Å². The number of nitrogens with one attached hydrogen (secondary N) is 1. The van der Waals surface area contributed by atoms with Gasteiger partial charge in [-0.25, -0.2) is 9.37 Å². The number of aromatic nitrogens is 1. The minimum atomic E-state index is -0.296. The first-order chi connectivity index (χ1) is 16.0. The second kappa shape index (κ2) is 11.4. The van der Waals surface area contributed by atoms with E-state index < -0.39 is 0 Å². The number of hydrogen-bond acceptors (Lipinski definition) is 5. The minimum absolute atomic E-state index is 0.193. The number of rotatable bonds is 8. The highest BCUT2D eigenvalue weighted by atomic mass is 19.1. The molecule has 1 saturated carbocycles. The molecule has 0 spiro atoms. The second-order valence-corrected chi connectivity index (χ2v) is 8.21. The molecular weight excluding hydrogens is 419 g/mol. The Kier molecular flexibility index (Phi) is 8.31. The standard InChI is InChI=1S/C26H29FN4O2/c1-4-21(22-15-20(27)10-11-24(22)29-2)17-5-7-18(8-6-17)23(13-14-28)31-26(32)19-9-12-25(33-3)30-16-19/h4,9-12,15-18,23H,2,5-8,13H2,1,3H3,(H,31,32)/b21-4-/t17-,18+,23?. The van der Waals surface area contributed by atoms with E-state index in [0.29, 0.717) is 17.1 Å². The van der Waals surface area contributed by atoms with Crippen LogP contribution in [0.2, 0.25) is 0 Å². The van der Waals surface area contributed by atoms with E-state index in [-0.39, 0.29) is 36.0 Å². The molecular formula is C26H29FN4O2. The van der Waals surface area contributed by atoms with Crippen molar-refractivity contribution in [3.05, 3.63) is 59.5 Å². The largest absolute Gasteiger partial charge is 0.481 e. The zero-order valence-electron chi connectivity index (χ0n) is 19.1. The topological polar surface area (TPSA) is 87.4 Å². The predicted molar refractivity (Wildman–Crippen MR) is 127 cm³/mol. The molecule has 1 aromatic heterocycles. The van der Waals surface area contributed by atoms with E-state index in [1.165, 1.54) is 25.4 Å². The first-order valence-electron chi connectivity index (χ1n) is 11.1. The molecule has 0 bridgehead atoms. The van der Waals surface area contributed by atoms with E-state index in [9.17, 15) is 14.4 Å². The molecule has 0 radical (unpaired) electrons. The van der Waals surface area contributed by atoms with Crippen molar-refractivity contribution in [2.45, 2.75) is 45.1 Å². The van der Waals surface area contributed by atoms with Crippen molar-refractivity contribution in [1.82, 2.24) is 10.3 Å². The van der Waals surface area contributed by atoms with Crippen LogP contribution in [0.1, 0.15) is 54.9 Å². The number of aliphatic imine (C=N–C) groups is 1. The van der Waals surface area contributed by atoms with Crippen molar-refractivity contribution < 1.29 is 13.9 Å². The Morgan fingerprint density at radius 3 is 2.70 bits per heavy atom. The lowest BCUT2D eigenvalue weighted by molar-refractivity contribution is 0.0911. The zero-order chi connectivity index (χ0) is 23.8. The number of hydrogen-bond donors (Lipinski definition) is 1. The van der Waals surface area contributed by atoms with Gasteiger partial charge in [0.15, 0.2) is 0 Å². The average Bonchev–Trinajstić information content (AvgIpc) is 2.85. The fourth-order valence-corrected chi connectivity index (χ4v) is 4.64. The van der Waals surface area contributed by atoms with Crippen LogP contribution in [0.15, 0.2) is 47.6 Å². The number of allylic oxidation sites excluding steroid dienone is 2. The maximum absolute atomic E-state index is 13.9. The van der Waals surface area contributed by atoms with Crippen molar-refractivity contribution in [2.75, 3.05) is 7.11 Å². The molecule has 1 heterocycles. The Morgan fingerprint density at radius 1 is 1.36 bits per heavy atom. The minimum Gasteiger partial charge on any atom is -0.481 e. The highest BCUT2D eigenvalue weighted by molar-refractivity contribution is 5.94. The third-order valence-corrected chi connectivity index (χ3v) is 6.37. The summed E-state index contributed by atoms with van der Waals surface area (Å²) in [5.74, 6) is 0.348. The van der Waals surface area contributed by atoms with Crippen LogP contribution in [-0.4, -0.2) is 30.8 Å². The molecule has 1 amide bonds. The van der Waals surface area contributed by atoms with Crippen LogP contribution in [0.25, 0.3) is 5.57 Å². The smallest absolute Gasteiger partial charge is 0.253 e. The van der Waals surface area contributed by atoms with Gasteiger partial charge in [0.05, 0.1) is 30.9 Å². The molecule has 0 saturated heterocycles. The number of carbonyl (C=O) groups is 1. The summed E-state index contributed by atoms with van der Waals surface area (Å²) in [7, 11) is 1.52. The zero-order valence-corrected chi connectivity index (χ0v) is 19.1. The third kappa shape index (κ3) is 5.83. The summed E-state index contributed by atoms with van der Waals surface area (Å²) in [4.78, 5) is 20.9. The van der Waals surface area contributed by atoms with E-state index in [0.717, 1.165) is 36.8 Å². The number of ether oxygens (including phenoxy) is 1. The molecule has 1 atom stereocenters. The first-order valence-corrected chi connectivity index (χ1v) is 11.1. The molecule has 172 valence electrons. The van der Waals surface area contributed by atoms with Gasteiger partial charge in [-0.15, -0.1) is 0 Å². The Labute approximate surface area is 194 Å². The highest BCUT2D eigenvalue weighted by Gasteiger charge is 2.31. The Morgan fingerprint density at radius 2 is 2.12 bits per heavy atom. The van der Waals surface area contributed by atoms with Crippen molar-refractivity contribution in [3.8, 4) is 11.9 Å². The number of nitriles is 1. The maximum Gasteiger partial charge on any atom is 0.253 e. The van der Waals surface area contributed by atoms with Crippen LogP contribution < -0.4 is 10.1 Å². The Hall–Kier alpha value is -3.53. The van der Waals surface area contributed by atoms with E-state index in [1.54, 1.807) is 18.2 Å². The van der Waals surface area contributed by atoms with Crippen LogP contribution in [0.4, 0.5) is 10.1 Å². The van der Waals surface area contributed by atoms with E-state index in [2.05, 4.69) is 28.1 Å². The molecule has 3 rings (SSSR count). The van der Waals surface area contributed by atoms with E-state index >= 15 is 0 Å². The van der Waals surface area contributed by atoms with Crippen LogP contribution in [0.5, 0.6) is 5.88 Å². The normalized spacial score (nSPS) is 19.3. The molecule has 1 N–H and O–H groups in total. The van der Waals surface area contributed by atoms with Gasteiger partial charge < -0.3 is 10.1 Å². The first kappa shape index (κ1) is 24.1. The quantitative estimate of drug-likeness (QED) is 0.542. The van der Waals surface area contributed by atoms with Crippen LogP contribution in [-0.2, 0) is 0 Å². The monoisotopic (exact) mass is 448 g/mol. The Balaban J connectivity index is 1.68. The molecule has 6 nitrogen and oxygen atoms in total. The lowest BCUT2D eigenvalue weighted by Gasteiger charge is -2.34. The molecule has 7 heteroatoms. The van der Waals surface area contributed by atoms with Crippen LogP contribution in [0.3, 0.4) is 0 Å². The predicted octanol–water partition coefficient (Wildman–Crippen LogP) is 5.48. The number of nitrogens with zero attached hydrogens (tertiary/aromatic N) is 3. The molecule has 2 aromatic rings. The SMILES string of the molecule is C=Nc1ccc(F)cc1/C(=C\C)[C@H]1CC[C@@H](C(CC#N)NC(=O)c2ccc(OC)nc2)CC1. The highest BCUT2D eigenvalue weighted by Crippen LogP contribution is 2.41. The molecule has 1 aliphatic carbocycles. The van der Waals surface area contributed by atoms with Gasteiger partial charge in [-0.1, -0.05) is 6.08 Å². The summed E-state index contributed by atoms with van der Waals surface area (Å²) in [6, 6.07) is 9.83. The van der Waals surface area contributed by atoms with Gasteiger partial charge in [0, 0.05) is 23.9 Å². The van der Waals surface area contributed by atoms with Crippen molar-refractivity contribution in [1.29, 1.82) is 5.26 Å². The van der Waals surface area contributed by atoms with Crippen molar-refractivity contribution >= 4 is 23.9 Å². The van der Waals surface area contributed by atoms with Gasteiger partial charge in [0.25, 0.3) is 5.91 Å². The molecule has 1 aliphatic rings. The van der Waals surface area contributed by atoms with Gasteiger partial charge in [-0.05, 0) is 81.0 Å². The lowest BCUT2D eigenvalue weighted by atomic mass is 9.73. The van der Waals surface area contributed by atoms with E-state index in [4.69, 9.17) is 4.74 Å². The van der Waals surface area contributed by atoms with Crippen LogP contribution >= 0.6 is 0 Å². The van der Waals surface area contributed by atoms with Crippen molar-refractivity contribution in [2.24, 2.45) is 16.8 Å². The summed E-state index contributed by atoms with van der Waals surface area (Å²) in [5.41, 5.74) is 2.96.